The lowest BCUT2D eigenvalue weighted by Crippen LogP contribution is -2.39. The highest BCUT2D eigenvalue weighted by atomic mass is 16.2. The highest BCUT2D eigenvalue weighted by Crippen LogP contribution is 2.22. The Morgan fingerprint density at radius 1 is 1.23 bits per heavy atom. The maximum absolute atomic E-state index is 12.4. The molecule has 1 saturated heterocycles. The largest absolute Gasteiger partial charge is 0.339 e. The van der Waals surface area contributed by atoms with Gasteiger partial charge in [0.1, 0.15) is 12.2 Å². The summed E-state index contributed by atoms with van der Waals surface area (Å²) in [5.41, 5.74) is 0.784. The lowest BCUT2D eigenvalue weighted by atomic mass is 9.93. The molecule has 0 saturated carbocycles. The molecule has 0 atom stereocenters. The zero-order valence-corrected chi connectivity index (χ0v) is 13.0. The van der Waals surface area contributed by atoms with Gasteiger partial charge in [-0.3, -0.25) is 4.79 Å². The third-order valence-electron chi connectivity index (χ3n) is 4.43. The second-order valence-electron chi connectivity index (χ2n) is 5.84. The van der Waals surface area contributed by atoms with E-state index in [9.17, 15) is 4.79 Å². The zero-order chi connectivity index (χ0) is 15.4. The summed E-state index contributed by atoms with van der Waals surface area (Å²) < 4.78 is 2.10. The Bertz CT molecular complexity index is 615. The third kappa shape index (κ3) is 3.18. The second-order valence-corrected chi connectivity index (χ2v) is 5.84. The van der Waals surface area contributed by atoms with Crippen molar-refractivity contribution in [3.8, 4) is 0 Å². The average Bonchev–Trinajstić information content (AvgIpc) is 3.03. The first-order valence-corrected chi connectivity index (χ1v) is 7.99. The topological polar surface area (TPSA) is 51.0 Å². The van der Waals surface area contributed by atoms with Gasteiger partial charge in [0.05, 0.1) is 0 Å². The average molecular weight is 298 g/mol. The van der Waals surface area contributed by atoms with Crippen LogP contribution < -0.4 is 0 Å². The van der Waals surface area contributed by atoms with Gasteiger partial charge in [-0.15, -0.1) is 10.2 Å². The normalized spacial score (nSPS) is 16.0. The number of carbonyl (C=O) groups is 1. The summed E-state index contributed by atoms with van der Waals surface area (Å²) in [6, 6.07) is 9.54. The number of nitrogens with zero attached hydrogens (tertiary/aromatic N) is 4. The fraction of sp³-hybridized carbons (Fsp3) is 0.471. The van der Waals surface area contributed by atoms with Crippen LogP contribution in [0.25, 0.3) is 0 Å². The Morgan fingerprint density at radius 3 is 2.64 bits per heavy atom. The second kappa shape index (κ2) is 6.73. The van der Waals surface area contributed by atoms with Gasteiger partial charge in [0.15, 0.2) is 0 Å². The van der Waals surface area contributed by atoms with Crippen LogP contribution in [0.2, 0.25) is 0 Å². The molecule has 0 spiro atoms. The Hall–Kier alpha value is -2.17. The van der Waals surface area contributed by atoms with E-state index in [0.29, 0.717) is 5.92 Å². The van der Waals surface area contributed by atoms with Crippen LogP contribution in [0.15, 0.2) is 36.7 Å². The molecule has 3 rings (SSSR count). The lowest BCUT2D eigenvalue weighted by Gasteiger charge is -2.32. The Morgan fingerprint density at radius 2 is 1.95 bits per heavy atom. The van der Waals surface area contributed by atoms with E-state index in [4.69, 9.17) is 0 Å². The first kappa shape index (κ1) is 14.8. The lowest BCUT2D eigenvalue weighted by molar-refractivity contribution is 0.0689. The monoisotopic (exact) mass is 298 g/mol. The number of aryl methyl sites for hydroxylation is 1. The van der Waals surface area contributed by atoms with E-state index in [0.717, 1.165) is 50.3 Å². The predicted octanol–water partition coefficient (Wildman–Crippen LogP) is 2.39. The van der Waals surface area contributed by atoms with Gasteiger partial charge in [-0.2, -0.15) is 0 Å². The van der Waals surface area contributed by atoms with Gasteiger partial charge in [-0.05, 0) is 37.8 Å². The van der Waals surface area contributed by atoms with E-state index in [1.165, 1.54) is 0 Å². The number of likely N-dealkylation sites (tertiary alicyclic amines) is 1. The number of piperidine rings is 1. The molecular formula is C17H22N4O. The van der Waals surface area contributed by atoms with E-state index < -0.39 is 0 Å². The molecule has 0 bridgehead atoms. The van der Waals surface area contributed by atoms with Crippen LogP contribution in [0.5, 0.6) is 0 Å². The van der Waals surface area contributed by atoms with Crippen molar-refractivity contribution in [1.29, 1.82) is 0 Å². The van der Waals surface area contributed by atoms with Crippen molar-refractivity contribution >= 4 is 5.91 Å². The molecule has 1 aromatic heterocycles. The Balaban J connectivity index is 1.55. The van der Waals surface area contributed by atoms with Crippen LogP contribution in [0.3, 0.4) is 0 Å². The molecule has 1 aliphatic rings. The Kier molecular flexibility index (Phi) is 4.51. The maximum Gasteiger partial charge on any atom is 0.253 e. The molecule has 2 aromatic rings. The Labute approximate surface area is 131 Å². The molecule has 0 N–H and O–H groups in total. The molecule has 0 unspecified atom stereocenters. The minimum atomic E-state index is 0.149. The van der Waals surface area contributed by atoms with Crippen molar-refractivity contribution < 1.29 is 4.79 Å². The van der Waals surface area contributed by atoms with Crippen LogP contribution in [0.4, 0.5) is 0 Å². The van der Waals surface area contributed by atoms with E-state index in [2.05, 4.69) is 21.7 Å². The molecule has 22 heavy (non-hydrogen) atoms. The molecule has 1 aliphatic heterocycles. The molecule has 0 radical (unpaired) electrons. The maximum atomic E-state index is 12.4. The van der Waals surface area contributed by atoms with E-state index in [-0.39, 0.29) is 5.91 Å². The fourth-order valence-electron chi connectivity index (χ4n) is 3.06. The van der Waals surface area contributed by atoms with E-state index in [1.54, 1.807) is 6.33 Å². The van der Waals surface area contributed by atoms with Gasteiger partial charge >= 0.3 is 0 Å². The van der Waals surface area contributed by atoms with Gasteiger partial charge in [0.2, 0.25) is 0 Å². The predicted molar refractivity (Wildman–Crippen MR) is 84.5 cm³/mol. The molecule has 0 aliphatic carbocycles. The van der Waals surface area contributed by atoms with Crippen LogP contribution in [-0.2, 0) is 13.0 Å². The summed E-state index contributed by atoms with van der Waals surface area (Å²) in [5, 5.41) is 8.21. The quantitative estimate of drug-likeness (QED) is 0.871. The van der Waals surface area contributed by atoms with Crippen molar-refractivity contribution in [3.05, 3.63) is 48.0 Å². The van der Waals surface area contributed by atoms with Crippen LogP contribution in [-0.4, -0.2) is 38.7 Å². The smallest absolute Gasteiger partial charge is 0.253 e. The van der Waals surface area contributed by atoms with E-state index >= 15 is 0 Å². The van der Waals surface area contributed by atoms with Gasteiger partial charge in [-0.25, -0.2) is 0 Å². The van der Waals surface area contributed by atoms with Crippen molar-refractivity contribution in [2.75, 3.05) is 13.1 Å². The summed E-state index contributed by atoms with van der Waals surface area (Å²) >= 11 is 0. The summed E-state index contributed by atoms with van der Waals surface area (Å²) in [6.45, 7) is 4.68. The number of benzene rings is 1. The number of rotatable bonds is 4. The fourth-order valence-corrected chi connectivity index (χ4v) is 3.06. The number of hydrogen-bond acceptors (Lipinski definition) is 3. The van der Waals surface area contributed by atoms with Gasteiger partial charge < -0.3 is 9.47 Å². The highest BCUT2D eigenvalue weighted by Gasteiger charge is 2.24. The minimum Gasteiger partial charge on any atom is -0.339 e. The SMILES string of the molecule is CCn1cnnc1CC1CCN(C(=O)c2ccccc2)CC1. The summed E-state index contributed by atoms with van der Waals surface area (Å²) in [5.74, 6) is 1.81. The third-order valence-corrected chi connectivity index (χ3v) is 4.43. The highest BCUT2D eigenvalue weighted by molar-refractivity contribution is 5.94. The first-order chi connectivity index (χ1) is 10.8. The first-order valence-electron chi connectivity index (χ1n) is 7.99. The molecule has 1 aromatic carbocycles. The molecule has 5 heteroatoms. The summed E-state index contributed by atoms with van der Waals surface area (Å²) in [6.07, 6.45) is 4.83. The van der Waals surface area contributed by atoms with Crippen LogP contribution >= 0.6 is 0 Å². The molecule has 5 nitrogen and oxygen atoms in total. The molecular weight excluding hydrogens is 276 g/mol. The van der Waals surface area contributed by atoms with Crippen molar-refractivity contribution in [2.24, 2.45) is 5.92 Å². The molecule has 116 valence electrons. The summed E-state index contributed by atoms with van der Waals surface area (Å²) in [7, 11) is 0. The van der Waals surface area contributed by atoms with Crippen molar-refractivity contribution in [3.63, 3.8) is 0 Å². The van der Waals surface area contributed by atoms with E-state index in [1.807, 2.05) is 35.2 Å². The van der Waals surface area contributed by atoms with Gasteiger partial charge in [-0.1, -0.05) is 18.2 Å². The number of amides is 1. The van der Waals surface area contributed by atoms with Crippen molar-refractivity contribution in [2.45, 2.75) is 32.7 Å². The van der Waals surface area contributed by atoms with Crippen molar-refractivity contribution in [1.82, 2.24) is 19.7 Å². The van der Waals surface area contributed by atoms with Gasteiger partial charge in [0, 0.05) is 31.6 Å². The number of carbonyl (C=O) groups excluding carboxylic acids is 1. The zero-order valence-electron chi connectivity index (χ0n) is 13.0. The number of aromatic nitrogens is 3. The molecule has 1 fully saturated rings. The summed E-state index contributed by atoms with van der Waals surface area (Å²) in [4.78, 5) is 14.4. The number of hydrogen-bond donors (Lipinski definition) is 0. The molecule has 1 amide bonds. The van der Waals surface area contributed by atoms with Gasteiger partial charge in [0.25, 0.3) is 5.91 Å². The van der Waals surface area contributed by atoms with Crippen LogP contribution in [0.1, 0.15) is 35.9 Å². The standard InChI is InChI=1S/C17H22N4O/c1-2-20-13-18-19-16(20)12-14-8-10-21(11-9-14)17(22)15-6-4-3-5-7-15/h3-7,13-14H,2,8-12H2,1H3. The minimum absolute atomic E-state index is 0.149. The molecule has 2 heterocycles. The van der Waals surface area contributed by atoms with Crippen LogP contribution in [0, 0.1) is 5.92 Å².